The van der Waals surface area contributed by atoms with Gasteiger partial charge in [0.2, 0.25) is 5.91 Å². The minimum atomic E-state index is -0.234. The molecule has 0 radical (unpaired) electrons. The van der Waals surface area contributed by atoms with Gasteiger partial charge in [-0.15, -0.1) is 16.4 Å². The molecule has 2 amide bonds. The number of carbonyl (C=O) groups is 2. The van der Waals surface area contributed by atoms with Crippen LogP contribution in [0.1, 0.15) is 29.8 Å². The number of nitrogens with zero attached hydrogens (tertiary/aromatic N) is 4. The molecule has 0 fully saturated rings. The third-order valence-corrected chi connectivity index (χ3v) is 5.60. The quantitative estimate of drug-likeness (QED) is 0.463. The first-order valence-corrected chi connectivity index (χ1v) is 10.9. The molecule has 2 heterocycles. The maximum Gasteiger partial charge on any atom is 0.257 e. The van der Waals surface area contributed by atoms with Gasteiger partial charge >= 0.3 is 0 Å². The molecule has 31 heavy (non-hydrogen) atoms. The minimum Gasteiger partial charge on any atom is -0.356 e. The van der Waals surface area contributed by atoms with Gasteiger partial charge < -0.3 is 5.32 Å². The summed E-state index contributed by atoms with van der Waals surface area (Å²) in [5, 5.41) is 16.3. The average Bonchev–Trinajstić information content (AvgIpc) is 3.40. The Morgan fingerprint density at radius 1 is 1.13 bits per heavy atom. The van der Waals surface area contributed by atoms with Crippen molar-refractivity contribution < 1.29 is 9.59 Å². The highest BCUT2D eigenvalue weighted by Crippen LogP contribution is 2.26. The average molecular weight is 435 g/mol. The van der Waals surface area contributed by atoms with Crippen molar-refractivity contribution >= 4 is 39.3 Å². The molecular formula is C22H22N6O2S. The largest absolute Gasteiger partial charge is 0.356 e. The number of benzene rings is 2. The third kappa shape index (κ3) is 4.77. The zero-order valence-corrected chi connectivity index (χ0v) is 18.1. The molecule has 158 valence electrons. The Morgan fingerprint density at radius 2 is 1.94 bits per heavy atom. The van der Waals surface area contributed by atoms with Crippen LogP contribution in [0.25, 0.3) is 22.3 Å². The van der Waals surface area contributed by atoms with Crippen molar-refractivity contribution in [1.29, 1.82) is 0 Å². The molecule has 0 spiro atoms. The van der Waals surface area contributed by atoms with E-state index in [1.54, 1.807) is 16.8 Å². The first-order chi connectivity index (χ1) is 15.0. The second-order valence-electron chi connectivity index (χ2n) is 7.03. The highest BCUT2D eigenvalue weighted by molar-refractivity contribution is 7.14. The second-order valence-corrected chi connectivity index (χ2v) is 7.89. The zero-order valence-electron chi connectivity index (χ0n) is 17.3. The topological polar surface area (TPSA) is 102 Å². The molecule has 4 rings (SSSR count). The fourth-order valence-electron chi connectivity index (χ4n) is 3.21. The molecule has 4 aromatic rings. The van der Waals surface area contributed by atoms with Crippen LogP contribution in [0.2, 0.25) is 0 Å². The molecule has 0 atom stereocenters. The molecule has 9 heteroatoms. The number of hydrogen-bond donors (Lipinski definition) is 2. The van der Waals surface area contributed by atoms with Crippen molar-refractivity contribution in [2.24, 2.45) is 0 Å². The second kappa shape index (κ2) is 9.05. The highest BCUT2D eigenvalue weighted by atomic mass is 32.1. The molecule has 0 bridgehead atoms. The lowest BCUT2D eigenvalue weighted by Gasteiger charge is -2.04. The molecule has 8 nitrogen and oxygen atoms in total. The number of aryl methyl sites for hydroxylation is 1. The number of fused-ring (bicyclic) bond motifs is 1. The SMILES string of the molecule is CCn1nnc2cc(C(=O)Nc3nc(-c4ccc(CCNC(C)=O)cc4)cs3)ccc21. The third-order valence-electron chi connectivity index (χ3n) is 4.84. The Morgan fingerprint density at radius 3 is 2.68 bits per heavy atom. The number of anilines is 1. The minimum absolute atomic E-state index is 0.0270. The van der Waals surface area contributed by atoms with Crippen LogP contribution in [0, 0.1) is 0 Å². The van der Waals surface area contributed by atoms with Crippen molar-refractivity contribution in [2.45, 2.75) is 26.8 Å². The molecule has 0 saturated carbocycles. The number of hydrogen-bond acceptors (Lipinski definition) is 6. The molecule has 2 N–H and O–H groups in total. The summed E-state index contributed by atoms with van der Waals surface area (Å²) in [7, 11) is 0. The Bertz CT molecular complexity index is 1230. The number of rotatable bonds is 7. The first kappa shape index (κ1) is 20.7. The predicted molar refractivity (Wildman–Crippen MR) is 121 cm³/mol. The van der Waals surface area contributed by atoms with Crippen LogP contribution in [0.4, 0.5) is 5.13 Å². The van der Waals surface area contributed by atoms with Gasteiger partial charge in [0, 0.05) is 36.5 Å². The number of thiazole rings is 1. The van der Waals surface area contributed by atoms with Crippen LogP contribution in [0.15, 0.2) is 47.8 Å². The lowest BCUT2D eigenvalue weighted by atomic mass is 10.1. The van der Waals surface area contributed by atoms with E-state index in [0.29, 0.717) is 22.8 Å². The van der Waals surface area contributed by atoms with Crippen LogP contribution in [0.3, 0.4) is 0 Å². The number of nitrogens with one attached hydrogen (secondary N) is 2. The summed E-state index contributed by atoms with van der Waals surface area (Å²) < 4.78 is 1.79. The van der Waals surface area contributed by atoms with Gasteiger partial charge in [-0.25, -0.2) is 9.67 Å². The van der Waals surface area contributed by atoms with Crippen molar-refractivity contribution in [3.05, 3.63) is 59.0 Å². The Labute approximate surface area is 183 Å². The number of amides is 2. The summed E-state index contributed by atoms with van der Waals surface area (Å²) in [5.41, 5.74) is 5.00. The molecule has 0 unspecified atom stereocenters. The van der Waals surface area contributed by atoms with E-state index in [1.807, 2.05) is 42.6 Å². The fourth-order valence-corrected chi connectivity index (χ4v) is 3.92. The molecule has 0 saturated heterocycles. The summed E-state index contributed by atoms with van der Waals surface area (Å²) in [6.07, 6.45) is 0.772. The van der Waals surface area contributed by atoms with Crippen LogP contribution in [-0.4, -0.2) is 38.3 Å². The molecule has 0 aliphatic heterocycles. The lowest BCUT2D eigenvalue weighted by molar-refractivity contribution is -0.118. The van der Waals surface area contributed by atoms with Gasteiger partial charge in [-0.3, -0.25) is 14.9 Å². The van der Waals surface area contributed by atoms with E-state index < -0.39 is 0 Å². The normalized spacial score (nSPS) is 10.9. The Balaban J connectivity index is 1.41. The van der Waals surface area contributed by atoms with Gasteiger partial charge in [-0.2, -0.15) is 0 Å². The predicted octanol–water partition coefficient (Wildman–Crippen LogP) is 3.51. The van der Waals surface area contributed by atoms with Gasteiger partial charge in [0.1, 0.15) is 5.52 Å². The number of carbonyl (C=O) groups excluding carboxylic acids is 2. The summed E-state index contributed by atoms with van der Waals surface area (Å²) >= 11 is 1.38. The van der Waals surface area contributed by atoms with Crippen molar-refractivity contribution in [1.82, 2.24) is 25.3 Å². The molecule has 0 aliphatic rings. The van der Waals surface area contributed by atoms with E-state index in [2.05, 4.69) is 25.9 Å². The summed E-state index contributed by atoms with van der Waals surface area (Å²) in [4.78, 5) is 28.1. The lowest BCUT2D eigenvalue weighted by Crippen LogP contribution is -2.22. The van der Waals surface area contributed by atoms with E-state index >= 15 is 0 Å². The van der Waals surface area contributed by atoms with Crippen LogP contribution in [-0.2, 0) is 17.8 Å². The zero-order chi connectivity index (χ0) is 21.8. The van der Waals surface area contributed by atoms with E-state index in [0.717, 1.165) is 35.3 Å². The summed E-state index contributed by atoms with van der Waals surface area (Å²) in [6.45, 7) is 4.84. The molecule has 2 aromatic heterocycles. The molecular weight excluding hydrogens is 412 g/mol. The van der Waals surface area contributed by atoms with E-state index in [1.165, 1.54) is 18.3 Å². The van der Waals surface area contributed by atoms with Crippen molar-refractivity contribution in [3.8, 4) is 11.3 Å². The number of aromatic nitrogens is 4. The van der Waals surface area contributed by atoms with Gasteiger partial charge in [-0.1, -0.05) is 29.5 Å². The van der Waals surface area contributed by atoms with Crippen molar-refractivity contribution in [3.63, 3.8) is 0 Å². The van der Waals surface area contributed by atoms with Gasteiger partial charge in [0.25, 0.3) is 5.91 Å². The fraction of sp³-hybridized carbons (Fsp3) is 0.227. The van der Waals surface area contributed by atoms with Crippen molar-refractivity contribution in [2.75, 3.05) is 11.9 Å². The monoisotopic (exact) mass is 434 g/mol. The maximum absolute atomic E-state index is 12.6. The summed E-state index contributed by atoms with van der Waals surface area (Å²) in [6, 6.07) is 13.4. The van der Waals surface area contributed by atoms with Crippen LogP contribution < -0.4 is 10.6 Å². The molecule has 0 aliphatic carbocycles. The van der Waals surface area contributed by atoms with E-state index in [9.17, 15) is 9.59 Å². The Hall–Kier alpha value is -3.59. The summed E-state index contributed by atoms with van der Waals surface area (Å²) in [5.74, 6) is -0.261. The van der Waals surface area contributed by atoms with E-state index in [4.69, 9.17) is 0 Å². The van der Waals surface area contributed by atoms with Gasteiger partial charge in [-0.05, 0) is 37.1 Å². The Kier molecular flexibility index (Phi) is 6.03. The van der Waals surface area contributed by atoms with Gasteiger partial charge in [0.15, 0.2) is 5.13 Å². The smallest absolute Gasteiger partial charge is 0.257 e. The van der Waals surface area contributed by atoms with E-state index in [-0.39, 0.29) is 11.8 Å². The first-order valence-electron chi connectivity index (χ1n) is 9.97. The highest BCUT2D eigenvalue weighted by Gasteiger charge is 2.12. The van der Waals surface area contributed by atoms with Crippen LogP contribution >= 0.6 is 11.3 Å². The maximum atomic E-state index is 12.6. The van der Waals surface area contributed by atoms with Crippen LogP contribution in [0.5, 0.6) is 0 Å². The van der Waals surface area contributed by atoms with Gasteiger partial charge in [0.05, 0.1) is 11.2 Å². The standard InChI is InChI=1S/C22H22N6O2S/c1-3-28-20-9-8-17(12-18(20)26-27-28)21(30)25-22-24-19(13-31-22)16-6-4-15(5-7-16)10-11-23-14(2)29/h4-9,12-13H,3,10-11H2,1-2H3,(H,23,29)(H,24,25,30). The molecule has 2 aromatic carbocycles.